The molecule has 0 aliphatic carbocycles. The third kappa shape index (κ3) is 4.26. The van der Waals surface area contributed by atoms with Crippen molar-refractivity contribution < 1.29 is 14.4 Å². The molecule has 4 rings (SSSR count). The SMILES string of the molecule is CN(C)CC(c1cccc(NC(=O)c2ccnc(Cl)c2)c1)N1C(=O)c2ccccc2C1=O. The molecule has 1 aromatic heterocycles. The lowest BCUT2D eigenvalue weighted by molar-refractivity contribution is 0.0557. The zero-order chi connectivity index (χ0) is 22.8. The minimum absolute atomic E-state index is 0.225. The van der Waals surface area contributed by atoms with Crippen molar-refractivity contribution in [2.75, 3.05) is 26.0 Å². The Hall–Kier alpha value is -3.55. The number of anilines is 1. The zero-order valence-corrected chi connectivity index (χ0v) is 18.3. The van der Waals surface area contributed by atoms with Gasteiger partial charge in [-0.3, -0.25) is 19.3 Å². The molecule has 1 aliphatic rings. The second-order valence-corrected chi connectivity index (χ2v) is 8.14. The molecule has 1 aliphatic heterocycles. The van der Waals surface area contributed by atoms with E-state index >= 15 is 0 Å². The third-order valence-electron chi connectivity index (χ3n) is 5.19. The van der Waals surface area contributed by atoms with Gasteiger partial charge in [-0.05, 0) is 56.1 Å². The summed E-state index contributed by atoms with van der Waals surface area (Å²) < 4.78 is 0. The summed E-state index contributed by atoms with van der Waals surface area (Å²) >= 11 is 5.88. The number of likely N-dealkylation sites (N-methyl/N-ethyl adjacent to an activating group) is 1. The van der Waals surface area contributed by atoms with Crippen LogP contribution in [0, 0.1) is 0 Å². The lowest BCUT2D eigenvalue weighted by Gasteiger charge is -2.29. The van der Waals surface area contributed by atoms with Gasteiger partial charge in [-0.2, -0.15) is 0 Å². The summed E-state index contributed by atoms with van der Waals surface area (Å²) in [6, 6.07) is 16.5. The Morgan fingerprint density at radius 1 is 1.03 bits per heavy atom. The summed E-state index contributed by atoms with van der Waals surface area (Å²) in [5.41, 5.74) is 2.46. The number of pyridine rings is 1. The van der Waals surface area contributed by atoms with Gasteiger partial charge in [-0.25, -0.2) is 4.98 Å². The van der Waals surface area contributed by atoms with E-state index in [1.807, 2.05) is 25.1 Å². The van der Waals surface area contributed by atoms with Crippen molar-refractivity contribution in [2.45, 2.75) is 6.04 Å². The fourth-order valence-electron chi connectivity index (χ4n) is 3.74. The molecule has 2 heterocycles. The van der Waals surface area contributed by atoms with Crippen LogP contribution in [0.3, 0.4) is 0 Å². The lowest BCUT2D eigenvalue weighted by Crippen LogP contribution is -2.39. The molecule has 162 valence electrons. The topological polar surface area (TPSA) is 82.6 Å². The van der Waals surface area contributed by atoms with E-state index in [4.69, 9.17) is 11.6 Å². The Labute approximate surface area is 190 Å². The predicted octanol–water partition coefficient (Wildman–Crippen LogP) is 3.89. The van der Waals surface area contributed by atoms with Gasteiger partial charge in [0.05, 0.1) is 17.2 Å². The van der Waals surface area contributed by atoms with E-state index in [1.54, 1.807) is 48.5 Å². The highest BCUT2D eigenvalue weighted by atomic mass is 35.5. The maximum absolute atomic E-state index is 13.1. The molecule has 2 aromatic carbocycles. The van der Waals surface area contributed by atoms with Crippen molar-refractivity contribution in [2.24, 2.45) is 0 Å². The van der Waals surface area contributed by atoms with Gasteiger partial charge >= 0.3 is 0 Å². The number of aromatic nitrogens is 1. The van der Waals surface area contributed by atoms with Gasteiger partial charge < -0.3 is 10.2 Å². The van der Waals surface area contributed by atoms with E-state index in [0.29, 0.717) is 28.9 Å². The standard InChI is InChI=1S/C24H21ClN4O3/c1-28(2)14-20(29-23(31)18-8-3-4-9-19(18)24(29)32)15-6-5-7-17(12-15)27-22(30)16-10-11-26-21(25)13-16/h3-13,20H,14H2,1-2H3,(H,27,30). The second-order valence-electron chi connectivity index (χ2n) is 7.75. The predicted molar refractivity (Wildman–Crippen MR) is 122 cm³/mol. The average molecular weight is 449 g/mol. The Kier molecular flexibility index (Phi) is 6.03. The number of hydrogen-bond acceptors (Lipinski definition) is 5. The fourth-order valence-corrected chi connectivity index (χ4v) is 3.92. The van der Waals surface area contributed by atoms with E-state index in [9.17, 15) is 14.4 Å². The van der Waals surface area contributed by atoms with Gasteiger partial charge in [-0.1, -0.05) is 35.9 Å². The monoisotopic (exact) mass is 448 g/mol. The number of nitrogens with zero attached hydrogens (tertiary/aromatic N) is 3. The maximum atomic E-state index is 13.1. The Bertz CT molecular complexity index is 1180. The van der Waals surface area contributed by atoms with Crippen molar-refractivity contribution in [3.63, 3.8) is 0 Å². The first-order chi connectivity index (χ1) is 15.3. The second kappa shape index (κ2) is 8.90. The molecular weight excluding hydrogens is 428 g/mol. The van der Waals surface area contributed by atoms with E-state index in [2.05, 4.69) is 10.3 Å². The van der Waals surface area contributed by atoms with Crippen LogP contribution in [-0.4, -0.2) is 53.1 Å². The van der Waals surface area contributed by atoms with Gasteiger partial charge in [0, 0.05) is 24.0 Å². The smallest absolute Gasteiger partial charge is 0.262 e. The highest BCUT2D eigenvalue weighted by molar-refractivity contribution is 6.29. The first kappa shape index (κ1) is 21.7. The minimum atomic E-state index is -0.523. The quantitative estimate of drug-likeness (QED) is 0.457. The van der Waals surface area contributed by atoms with Crippen LogP contribution < -0.4 is 5.32 Å². The minimum Gasteiger partial charge on any atom is -0.322 e. The fraction of sp³-hybridized carbons (Fsp3) is 0.167. The van der Waals surface area contributed by atoms with Gasteiger partial charge in [0.15, 0.2) is 0 Å². The van der Waals surface area contributed by atoms with Crippen LogP contribution in [0.15, 0.2) is 66.9 Å². The molecule has 0 spiro atoms. The Morgan fingerprint density at radius 3 is 2.34 bits per heavy atom. The summed E-state index contributed by atoms with van der Waals surface area (Å²) in [6.07, 6.45) is 1.46. The number of rotatable bonds is 6. The van der Waals surface area contributed by atoms with Crippen molar-refractivity contribution in [3.8, 4) is 0 Å². The van der Waals surface area contributed by atoms with Crippen LogP contribution in [0.1, 0.15) is 42.7 Å². The molecule has 32 heavy (non-hydrogen) atoms. The molecule has 0 bridgehead atoms. The van der Waals surface area contributed by atoms with E-state index in [-0.39, 0.29) is 22.9 Å². The molecule has 0 fully saturated rings. The van der Waals surface area contributed by atoms with Gasteiger partial charge in [0.25, 0.3) is 17.7 Å². The Balaban J connectivity index is 1.65. The van der Waals surface area contributed by atoms with Crippen LogP contribution in [0.5, 0.6) is 0 Å². The molecule has 0 radical (unpaired) electrons. The van der Waals surface area contributed by atoms with Crippen LogP contribution in [-0.2, 0) is 0 Å². The zero-order valence-electron chi connectivity index (χ0n) is 17.6. The van der Waals surface area contributed by atoms with Crippen LogP contribution in [0.25, 0.3) is 0 Å². The number of amides is 3. The highest BCUT2D eigenvalue weighted by Crippen LogP contribution is 2.32. The molecule has 3 aromatic rings. The number of nitrogens with one attached hydrogen (secondary N) is 1. The molecule has 1 N–H and O–H groups in total. The van der Waals surface area contributed by atoms with E-state index in [0.717, 1.165) is 5.56 Å². The number of carbonyl (C=O) groups excluding carboxylic acids is 3. The van der Waals surface area contributed by atoms with Crippen LogP contribution in [0.2, 0.25) is 5.15 Å². The summed E-state index contributed by atoms with van der Waals surface area (Å²) in [4.78, 5) is 45.9. The third-order valence-corrected chi connectivity index (χ3v) is 5.40. The van der Waals surface area contributed by atoms with E-state index < -0.39 is 6.04 Å². The van der Waals surface area contributed by atoms with Crippen molar-refractivity contribution in [1.29, 1.82) is 0 Å². The number of carbonyl (C=O) groups is 3. The number of benzene rings is 2. The van der Waals surface area contributed by atoms with Crippen LogP contribution in [0.4, 0.5) is 5.69 Å². The largest absolute Gasteiger partial charge is 0.322 e. The van der Waals surface area contributed by atoms with Crippen molar-refractivity contribution in [1.82, 2.24) is 14.8 Å². The normalized spacial score (nSPS) is 13.9. The van der Waals surface area contributed by atoms with Crippen molar-refractivity contribution in [3.05, 3.63) is 94.3 Å². The molecule has 1 atom stereocenters. The number of fused-ring (bicyclic) bond motifs is 1. The number of imide groups is 1. The number of hydrogen-bond donors (Lipinski definition) is 1. The molecule has 8 heteroatoms. The maximum Gasteiger partial charge on any atom is 0.262 e. The highest BCUT2D eigenvalue weighted by Gasteiger charge is 2.40. The van der Waals surface area contributed by atoms with Gasteiger partial charge in [0.1, 0.15) is 5.15 Å². The summed E-state index contributed by atoms with van der Waals surface area (Å²) in [5, 5.41) is 3.06. The molecule has 3 amide bonds. The summed E-state index contributed by atoms with van der Waals surface area (Å²) in [6.45, 7) is 0.433. The summed E-state index contributed by atoms with van der Waals surface area (Å²) in [5.74, 6) is -0.979. The first-order valence-electron chi connectivity index (χ1n) is 9.99. The molecular formula is C24H21ClN4O3. The van der Waals surface area contributed by atoms with Gasteiger partial charge in [0.2, 0.25) is 0 Å². The molecule has 7 nitrogen and oxygen atoms in total. The van der Waals surface area contributed by atoms with Crippen molar-refractivity contribution >= 4 is 35.0 Å². The average Bonchev–Trinajstić information content (AvgIpc) is 3.02. The van der Waals surface area contributed by atoms with Gasteiger partial charge in [-0.15, -0.1) is 0 Å². The lowest BCUT2D eigenvalue weighted by atomic mass is 10.0. The first-order valence-corrected chi connectivity index (χ1v) is 10.4. The van der Waals surface area contributed by atoms with Crippen LogP contribution >= 0.6 is 11.6 Å². The Morgan fingerprint density at radius 2 is 1.72 bits per heavy atom. The van der Waals surface area contributed by atoms with E-state index in [1.165, 1.54) is 17.2 Å². The summed E-state index contributed by atoms with van der Waals surface area (Å²) in [7, 11) is 3.76. The molecule has 0 saturated heterocycles. The molecule has 0 saturated carbocycles. The number of halogens is 1. The molecule has 1 unspecified atom stereocenters.